The van der Waals surface area contributed by atoms with E-state index in [9.17, 15) is 4.79 Å². The first kappa shape index (κ1) is 17.9. The first-order chi connectivity index (χ1) is 13.1. The van der Waals surface area contributed by atoms with Gasteiger partial charge in [-0.05, 0) is 25.5 Å². The molecular weight excluding hydrogens is 360 g/mol. The number of nitrogens with zero attached hydrogens (tertiary/aromatic N) is 3. The number of aromatic nitrogens is 2. The van der Waals surface area contributed by atoms with Crippen LogP contribution in [0.4, 0.5) is 5.82 Å². The number of carbonyl (C=O) groups excluding carboxylic acids is 1. The molecule has 6 nitrogen and oxygen atoms in total. The van der Waals surface area contributed by atoms with E-state index in [0.717, 1.165) is 20.7 Å². The highest BCUT2D eigenvalue weighted by Gasteiger charge is 2.25. The number of benzene rings is 1. The Hall–Kier alpha value is -2.51. The minimum absolute atomic E-state index is 0.0577. The first-order valence-electron chi connectivity index (χ1n) is 9.07. The molecule has 0 radical (unpaired) electrons. The maximum atomic E-state index is 12.6. The molecule has 1 aliphatic rings. The van der Waals surface area contributed by atoms with Crippen molar-refractivity contribution in [3.63, 3.8) is 0 Å². The number of hydrogen-bond donors (Lipinski definition) is 1. The number of anilines is 1. The summed E-state index contributed by atoms with van der Waals surface area (Å²) in [6, 6.07) is 12.3. The fourth-order valence-electron chi connectivity index (χ4n) is 3.39. The minimum Gasteiger partial charge on any atom is -0.372 e. The molecule has 27 heavy (non-hydrogen) atoms. The zero-order chi connectivity index (χ0) is 18.8. The van der Waals surface area contributed by atoms with Crippen LogP contribution < -0.4 is 5.32 Å². The Bertz CT molecular complexity index is 934. The molecule has 0 bridgehead atoms. The number of rotatable bonds is 4. The molecule has 1 N–H and O–H groups in total. The molecule has 0 aliphatic carbocycles. The first-order valence-corrected chi connectivity index (χ1v) is 9.89. The van der Waals surface area contributed by atoms with Crippen LogP contribution in [0.25, 0.3) is 20.7 Å². The monoisotopic (exact) mass is 382 g/mol. The number of fused-ring (bicyclic) bond motifs is 1. The van der Waals surface area contributed by atoms with Crippen molar-refractivity contribution in [1.82, 2.24) is 14.9 Å². The molecule has 2 atom stereocenters. The van der Waals surface area contributed by atoms with Crippen LogP contribution in [0.15, 0.2) is 42.7 Å². The van der Waals surface area contributed by atoms with Gasteiger partial charge in [0.1, 0.15) is 17.0 Å². The van der Waals surface area contributed by atoms with Gasteiger partial charge in [-0.3, -0.25) is 4.79 Å². The van der Waals surface area contributed by atoms with Crippen LogP contribution in [0.5, 0.6) is 0 Å². The molecule has 0 spiro atoms. The quantitative estimate of drug-likeness (QED) is 0.749. The third-order valence-electron chi connectivity index (χ3n) is 4.57. The van der Waals surface area contributed by atoms with E-state index in [4.69, 9.17) is 4.74 Å². The lowest BCUT2D eigenvalue weighted by molar-refractivity contribution is -0.141. The average molecular weight is 382 g/mol. The third kappa shape index (κ3) is 3.94. The van der Waals surface area contributed by atoms with E-state index in [0.29, 0.717) is 18.9 Å². The van der Waals surface area contributed by atoms with Gasteiger partial charge < -0.3 is 15.0 Å². The molecule has 1 fully saturated rings. The molecule has 1 saturated heterocycles. The Labute approximate surface area is 162 Å². The number of thiophene rings is 1. The zero-order valence-corrected chi connectivity index (χ0v) is 16.2. The number of ether oxygens (including phenoxy) is 1. The predicted molar refractivity (Wildman–Crippen MR) is 108 cm³/mol. The fraction of sp³-hybridized carbons (Fsp3) is 0.350. The summed E-state index contributed by atoms with van der Waals surface area (Å²) >= 11 is 1.62. The van der Waals surface area contributed by atoms with Gasteiger partial charge in [0, 0.05) is 18.0 Å². The van der Waals surface area contributed by atoms with Crippen molar-refractivity contribution in [3.05, 3.63) is 42.7 Å². The van der Waals surface area contributed by atoms with Crippen molar-refractivity contribution >= 4 is 33.3 Å². The van der Waals surface area contributed by atoms with Gasteiger partial charge in [0.05, 0.1) is 24.1 Å². The lowest BCUT2D eigenvalue weighted by Gasteiger charge is -2.35. The summed E-state index contributed by atoms with van der Waals surface area (Å²) < 4.78 is 5.70. The third-order valence-corrected chi connectivity index (χ3v) is 5.66. The lowest BCUT2D eigenvalue weighted by atomic mass is 10.2. The second kappa shape index (κ2) is 7.62. The maximum Gasteiger partial charge on any atom is 0.242 e. The zero-order valence-electron chi connectivity index (χ0n) is 15.4. The number of carbonyl (C=O) groups is 1. The molecule has 3 heterocycles. The van der Waals surface area contributed by atoms with Crippen LogP contribution in [0.3, 0.4) is 0 Å². The number of morpholine rings is 1. The summed E-state index contributed by atoms with van der Waals surface area (Å²) in [6.07, 6.45) is 1.67. The number of hydrogen-bond acceptors (Lipinski definition) is 6. The van der Waals surface area contributed by atoms with Crippen molar-refractivity contribution in [2.24, 2.45) is 0 Å². The molecule has 2 aromatic heterocycles. The van der Waals surface area contributed by atoms with E-state index in [1.54, 1.807) is 17.7 Å². The number of amides is 1. The normalized spacial score (nSPS) is 20.0. The van der Waals surface area contributed by atoms with Crippen LogP contribution in [0.1, 0.15) is 13.8 Å². The molecule has 0 saturated carbocycles. The second-order valence-electron chi connectivity index (χ2n) is 6.83. The molecule has 4 rings (SSSR count). The van der Waals surface area contributed by atoms with Crippen LogP contribution in [0, 0.1) is 0 Å². The molecule has 3 aromatic rings. The lowest BCUT2D eigenvalue weighted by Crippen LogP contribution is -2.49. The van der Waals surface area contributed by atoms with Crippen molar-refractivity contribution in [3.8, 4) is 10.4 Å². The van der Waals surface area contributed by atoms with Gasteiger partial charge >= 0.3 is 0 Å². The summed E-state index contributed by atoms with van der Waals surface area (Å²) in [4.78, 5) is 25.2. The number of nitrogens with one attached hydrogen (secondary N) is 1. The molecule has 7 heteroatoms. The summed E-state index contributed by atoms with van der Waals surface area (Å²) in [5, 5.41) is 4.15. The Balaban J connectivity index is 1.50. The summed E-state index contributed by atoms with van der Waals surface area (Å²) in [5.41, 5.74) is 1.15. The topological polar surface area (TPSA) is 67.4 Å². The predicted octanol–water partition coefficient (Wildman–Crippen LogP) is 3.41. The van der Waals surface area contributed by atoms with E-state index in [1.807, 2.05) is 36.9 Å². The molecule has 1 aromatic carbocycles. The highest BCUT2D eigenvalue weighted by Crippen LogP contribution is 2.34. The standard InChI is InChI=1S/C20H22N4O2S/c1-13-10-24(11-14(2)26-13)18(25)9-21-19-16-8-17(15-6-4-3-5-7-15)27-20(16)23-12-22-19/h3-8,12-14H,9-11H2,1-2H3,(H,21,22,23). The van der Waals surface area contributed by atoms with E-state index in [2.05, 4.69) is 33.5 Å². The summed E-state index contributed by atoms with van der Waals surface area (Å²) in [6.45, 7) is 5.45. The van der Waals surface area contributed by atoms with Gasteiger partial charge in [0.25, 0.3) is 0 Å². The Morgan fingerprint density at radius 3 is 2.70 bits per heavy atom. The van der Waals surface area contributed by atoms with Gasteiger partial charge in [-0.25, -0.2) is 9.97 Å². The molecule has 1 amide bonds. The van der Waals surface area contributed by atoms with Crippen LogP contribution in [0.2, 0.25) is 0 Å². The largest absolute Gasteiger partial charge is 0.372 e. The Kier molecular flexibility index (Phi) is 5.05. The summed E-state index contributed by atoms with van der Waals surface area (Å²) in [5.74, 6) is 0.753. The fourth-order valence-corrected chi connectivity index (χ4v) is 4.40. The highest BCUT2D eigenvalue weighted by molar-refractivity contribution is 7.21. The van der Waals surface area contributed by atoms with E-state index >= 15 is 0 Å². The van der Waals surface area contributed by atoms with Gasteiger partial charge in [-0.15, -0.1) is 11.3 Å². The van der Waals surface area contributed by atoms with E-state index in [-0.39, 0.29) is 24.7 Å². The second-order valence-corrected chi connectivity index (χ2v) is 7.86. The van der Waals surface area contributed by atoms with Gasteiger partial charge in [0.15, 0.2) is 0 Å². The van der Waals surface area contributed by atoms with Gasteiger partial charge in [0.2, 0.25) is 5.91 Å². The van der Waals surface area contributed by atoms with Crippen LogP contribution in [-0.2, 0) is 9.53 Å². The minimum atomic E-state index is 0.0577. The van der Waals surface area contributed by atoms with Crippen LogP contribution >= 0.6 is 11.3 Å². The maximum absolute atomic E-state index is 12.6. The van der Waals surface area contributed by atoms with Gasteiger partial charge in [-0.1, -0.05) is 30.3 Å². The SMILES string of the molecule is CC1CN(C(=O)CNc2ncnc3sc(-c4ccccc4)cc23)CC(C)O1. The van der Waals surface area contributed by atoms with E-state index in [1.165, 1.54) is 0 Å². The van der Waals surface area contributed by atoms with Crippen molar-refractivity contribution in [1.29, 1.82) is 0 Å². The molecule has 140 valence electrons. The molecule has 2 unspecified atom stereocenters. The Morgan fingerprint density at radius 1 is 1.22 bits per heavy atom. The molecule has 1 aliphatic heterocycles. The molecular formula is C20H22N4O2S. The van der Waals surface area contributed by atoms with Crippen molar-refractivity contribution in [2.45, 2.75) is 26.1 Å². The Morgan fingerprint density at radius 2 is 1.96 bits per heavy atom. The smallest absolute Gasteiger partial charge is 0.242 e. The van der Waals surface area contributed by atoms with Crippen molar-refractivity contribution < 1.29 is 9.53 Å². The summed E-state index contributed by atoms with van der Waals surface area (Å²) in [7, 11) is 0. The van der Waals surface area contributed by atoms with Gasteiger partial charge in [-0.2, -0.15) is 0 Å². The van der Waals surface area contributed by atoms with Crippen molar-refractivity contribution in [2.75, 3.05) is 25.0 Å². The average Bonchev–Trinajstić information content (AvgIpc) is 3.11. The van der Waals surface area contributed by atoms with Crippen LogP contribution in [-0.4, -0.2) is 52.6 Å². The highest BCUT2D eigenvalue weighted by atomic mass is 32.1. The van der Waals surface area contributed by atoms with E-state index < -0.39 is 0 Å².